The van der Waals surface area contributed by atoms with Crippen molar-refractivity contribution in [1.29, 1.82) is 0 Å². The third kappa shape index (κ3) is 2.74. The highest BCUT2D eigenvalue weighted by molar-refractivity contribution is 9.10. The highest BCUT2D eigenvalue weighted by atomic mass is 79.9. The third-order valence-electron chi connectivity index (χ3n) is 4.02. The maximum absolute atomic E-state index is 13.2. The Hall–Kier alpha value is -1.27. The van der Waals surface area contributed by atoms with Crippen LogP contribution in [0.3, 0.4) is 0 Å². The molecule has 1 saturated heterocycles. The molecule has 0 bridgehead atoms. The lowest BCUT2D eigenvalue weighted by atomic mass is 9.82. The van der Waals surface area contributed by atoms with Crippen LogP contribution >= 0.6 is 15.9 Å². The fraction of sp³-hybridized carbons (Fsp3) is 0.467. The fourth-order valence-corrected chi connectivity index (χ4v) is 3.47. The van der Waals surface area contributed by atoms with Crippen LogP contribution in [0.5, 0.6) is 0 Å². The Morgan fingerprint density at radius 1 is 1.48 bits per heavy atom. The Labute approximate surface area is 131 Å². The average Bonchev–Trinajstić information content (AvgIpc) is 3.08. The van der Waals surface area contributed by atoms with Crippen molar-refractivity contribution < 1.29 is 8.91 Å². The van der Waals surface area contributed by atoms with Gasteiger partial charge in [-0.3, -0.25) is 0 Å². The molecule has 6 heteroatoms. The average molecular weight is 354 g/mol. The maximum atomic E-state index is 13.2. The van der Waals surface area contributed by atoms with Gasteiger partial charge in [-0.05, 0) is 53.5 Å². The maximum Gasteiger partial charge on any atom is 0.234 e. The fourth-order valence-electron chi connectivity index (χ4n) is 2.94. The standard InChI is InChI=1S/C15H17BrFN3O/c1-2-5-15(6-7-18-9-15)14-19-13(20-21-14)11-4-3-10(17)8-12(11)16/h3-4,8,18H,2,5-7,9H2,1H3. The van der Waals surface area contributed by atoms with Crippen molar-refractivity contribution >= 4 is 15.9 Å². The van der Waals surface area contributed by atoms with Crippen molar-refractivity contribution in [3.8, 4) is 11.4 Å². The molecule has 0 aliphatic carbocycles. The van der Waals surface area contributed by atoms with E-state index in [1.807, 2.05) is 0 Å². The molecule has 0 saturated carbocycles. The first-order valence-corrected chi connectivity index (χ1v) is 7.94. The number of halogens is 2. The lowest BCUT2D eigenvalue weighted by Gasteiger charge is -2.22. The first-order chi connectivity index (χ1) is 10.1. The second-order valence-corrected chi connectivity index (χ2v) is 6.36. The molecule has 0 spiro atoms. The third-order valence-corrected chi connectivity index (χ3v) is 4.68. The van der Waals surface area contributed by atoms with Crippen molar-refractivity contribution in [3.05, 3.63) is 34.4 Å². The molecule has 1 N–H and O–H groups in total. The van der Waals surface area contributed by atoms with Gasteiger partial charge in [0.15, 0.2) is 0 Å². The molecule has 1 aromatic carbocycles. The van der Waals surface area contributed by atoms with Crippen LogP contribution in [0.2, 0.25) is 0 Å². The molecular weight excluding hydrogens is 337 g/mol. The molecule has 1 aliphatic rings. The van der Waals surface area contributed by atoms with Gasteiger partial charge in [0.25, 0.3) is 0 Å². The Morgan fingerprint density at radius 2 is 2.33 bits per heavy atom. The molecular formula is C15H17BrFN3O. The molecule has 0 radical (unpaired) electrons. The summed E-state index contributed by atoms with van der Waals surface area (Å²) < 4.78 is 19.3. The molecule has 1 aromatic heterocycles. The predicted molar refractivity (Wildman–Crippen MR) is 81.5 cm³/mol. The smallest absolute Gasteiger partial charge is 0.234 e. The first kappa shape index (κ1) is 14.7. The molecule has 112 valence electrons. The summed E-state index contributed by atoms with van der Waals surface area (Å²) in [7, 11) is 0. The number of nitrogens with zero attached hydrogens (tertiary/aromatic N) is 2. The first-order valence-electron chi connectivity index (χ1n) is 7.15. The highest BCUT2D eigenvalue weighted by Crippen LogP contribution is 2.36. The minimum absolute atomic E-state index is 0.0630. The summed E-state index contributed by atoms with van der Waals surface area (Å²) in [5.74, 6) is 0.886. The van der Waals surface area contributed by atoms with Gasteiger partial charge in [-0.2, -0.15) is 4.98 Å². The van der Waals surface area contributed by atoms with Crippen LogP contribution in [0.1, 0.15) is 32.1 Å². The Morgan fingerprint density at radius 3 is 3.00 bits per heavy atom. The van der Waals surface area contributed by atoms with E-state index in [0.717, 1.165) is 37.9 Å². The largest absolute Gasteiger partial charge is 0.338 e. The summed E-state index contributed by atoms with van der Waals surface area (Å²) in [4.78, 5) is 4.57. The molecule has 4 nitrogen and oxygen atoms in total. The van der Waals surface area contributed by atoms with Crippen LogP contribution in [0, 0.1) is 5.82 Å². The van der Waals surface area contributed by atoms with E-state index < -0.39 is 0 Å². The van der Waals surface area contributed by atoms with Gasteiger partial charge in [-0.25, -0.2) is 4.39 Å². The molecule has 3 rings (SSSR count). The quantitative estimate of drug-likeness (QED) is 0.910. The van der Waals surface area contributed by atoms with E-state index in [1.165, 1.54) is 12.1 Å². The van der Waals surface area contributed by atoms with Gasteiger partial charge in [0.05, 0.1) is 5.41 Å². The summed E-state index contributed by atoms with van der Waals surface area (Å²) >= 11 is 3.35. The summed E-state index contributed by atoms with van der Waals surface area (Å²) in [6.45, 7) is 4.00. The SMILES string of the molecule is CCCC1(c2nc(-c3ccc(F)cc3Br)no2)CCNC1. The molecule has 1 aliphatic heterocycles. The summed E-state index contributed by atoms with van der Waals surface area (Å²) in [5.41, 5.74) is 0.677. The van der Waals surface area contributed by atoms with Crippen molar-refractivity contribution in [2.24, 2.45) is 0 Å². The van der Waals surface area contributed by atoms with Gasteiger partial charge >= 0.3 is 0 Å². The Kier molecular flexibility index (Phi) is 4.08. The lowest BCUT2D eigenvalue weighted by molar-refractivity contribution is 0.277. The molecule has 2 heterocycles. The number of benzene rings is 1. The topological polar surface area (TPSA) is 51.0 Å². The van der Waals surface area contributed by atoms with Gasteiger partial charge < -0.3 is 9.84 Å². The van der Waals surface area contributed by atoms with Gasteiger partial charge in [-0.15, -0.1) is 0 Å². The van der Waals surface area contributed by atoms with Crippen LogP contribution in [0.15, 0.2) is 27.2 Å². The van der Waals surface area contributed by atoms with Gasteiger partial charge in [0.2, 0.25) is 11.7 Å². The number of nitrogens with one attached hydrogen (secondary N) is 1. The van der Waals surface area contributed by atoms with Crippen LogP contribution in [0.25, 0.3) is 11.4 Å². The van der Waals surface area contributed by atoms with Crippen molar-refractivity contribution in [1.82, 2.24) is 15.5 Å². The number of rotatable bonds is 4. The normalized spacial score (nSPS) is 21.9. The van der Waals surface area contributed by atoms with E-state index in [1.54, 1.807) is 6.07 Å². The molecule has 1 atom stereocenters. The minimum Gasteiger partial charge on any atom is -0.338 e. The lowest BCUT2D eigenvalue weighted by Crippen LogP contribution is -2.29. The molecule has 1 unspecified atom stereocenters. The van der Waals surface area contributed by atoms with Crippen LogP contribution in [-0.2, 0) is 5.41 Å². The zero-order valence-electron chi connectivity index (χ0n) is 11.8. The van der Waals surface area contributed by atoms with E-state index in [-0.39, 0.29) is 11.2 Å². The van der Waals surface area contributed by atoms with Crippen LogP contribution in [0.4, 0.5) is 4.39 Å². The Balaban J connectivity index is 1.95. The molecule has 2 aromatic rings. The summed E-state index contributed by atoms with van der Waals surface area (Å²) in [6, 6.07) is 4.47. The minimum atomic E-state index is -0.295. The van der Waals surface area contributed by atoms with Gasteiger partial charge in [0, 0.05) is 16.6 Å². The molecule has 0 amide bonds. The second kappa shape index (κ2) is 5.85. The van der Waals surface area contributed by atoms with E-state index in [9.17, 15) is 4.39 Å². The summed E-state index contributed by atoms with van der Waals surface area (Å²) in [5, 5.41) is 7.46. The van der Waals surface area contributed by atoms with Gasteiger partial charge in [0.1, 0.15) is 5.82 Å². The zero-order chi connectivity index (χ0) is 14.9. The van der Waals surface area contributed by atoms with Crippen molar-refractivity contribution in [2.75, 3.05) is 13.1 Å². The predicted octanol–water partition coefficient (Wildman–Crippen LogP) is 3.67. The Bertz CT molecular complexity index is 638. The van der Waals surface area contributed by atoms with E-state index in [4.69, 9.17) is 4.52 Å². The highest BCUT2D eigenvalue weighted by Gasteiger charge is 2.40. The van der Waals surface area contributed by atoms with E-state index in [2.05, 4.69) is 38.3 Å². The number of hydrogen-bond donors (Lipinski definition) is 1. The number of aromatic nitrogens is 2. The van der Waals surface area contributed by atoms with Crippen molar-refractivity contribution in [2.45, 2.75) is 31.6 Å². The van der Waals surface area contributed by atoms with Crippen molar-refractivity contribution in [3.63, 3.8) is 0 Å². The number of hydrogen-bond acceptors (Lipinski definition) is 4. The van der Waals surface area contributed by atoms with E-state index >= 15 is 0 Å². The monoisotopic (exact) mass is 353 g/mol. The molecule has 21 heavy (non-hydrogen) atoms. The molecule has 1 fully saturated rings. The summed E-state index contributed by atoms with van der Waals surface area (Å²) in [6.07, 6.45) is 3.10. The van der Waals surface area contributed by atoms with Gasteiger partial charge in [-0.1, -0.05) is 18.5 Å². The van der Waals surface area contributed by atoms with E-state index in [0.29, 0.717) is 16.2 Å². The van der Waals surface area contributed by atoms with Crippen LogP contribution < -0.4 is 5.32 Å². The zero-order valence-corrected chi connectivity index (χ0v) is 13.4. The van der Waals surface area contributed by atoms with Crippen LogP contribution in [-0.4, -0.2) is 23.2 Å². The second-order valence-electron chi connectivity index (χ2n) is 5.50.